The van der Waals surface area contributed by atoms with Crippen molar-refractivity contribution in [1.29, 1.82) is 0 Å². The van der Waals surface area contributed by atoms with Crippen molar-refractivity contribution in [3.63, 3.8) is 0 Å². The predicted octanol–water partition coefficient (Wildman–Crippen LogP) is 2.82. The highest BCUT2D eigenvalue weighted by molar-refractivity contribution is 9.10. The third-order valence-electron chi connectivity index (χ3n) is 4.94. The molecule has 10 heteroatoms. The van der Waals surface area contributed by atoms with E-state index in [0.29, 0.717) is 33.4 Å². The number of benzene rings is 2. The molecular formula is C19H14BrFN5O2S+. The van der Waals surface area contributed by atoms with Crippen LogP contribution < -0.4 is 20.9 Å². The molecule has 146 valence electrons. The molecule has 2 aromatic carbocycles. The molecule has 0 fully saturated rings. The Labute approximate surface area is 176 Å². The van der Waals surface area contributed by atoms with Crippen LogP contribution in [0.2, 0.25) is 0 Å². The number of hydrogen-bond donors (Lipinski definition) is 3. The van der Waals surface area contributed by atoms with Crippen molar-refractivity contribution in [2.75, 3.05) is 16.4 Å². The van der Waals surface area contributed by atoms with E-state index in [1.807, 2.05) is 6.92 Å². The van der Waals surface area contributed by atoms with Gasteiger partial charge in [0.15, 0.2) is 0 Å². The highest BCUT2D eigenvalue weighted by Crippen LogP contribution is 2.42. The van der Waals surface area contributed by atoms with Crippen LogP contribution in [0, 0.1) is 5.82 Å². The van der Waals surface area contributed by atoms with Crippen molar-refractivity contribution in [1.82, 2.24) is 10.1 Å². The number of hydrogen-bond acceptors (Lipinski definition) is 5. The number of nitrogens with one attached hydrogen (secondary N) is 3. The largest absolute Gasteiger partial charge is 0.374 e. The van der Waals surface area contributed by atoms with Crippen LogP contribution in [0.25, 0.3) is 11.3 Å². The minimum Gasteiger partial charge on any atom is -0.317 e. The Morgan fingerprint density at radius 3 is 2.79 bits per heavy atom. The van der Waals surface area contributed by atoms with Crippen molar-refractivity contribution >= 4 is 45.0 Å². The van der Waals surface area contributed by atoms with Gasteiger partial charge in [-0.2, -0.15) is 0 Å². The Morgan fingerprint density at radius 2 is 2.00 bits per heavy atom. The fourth-order valence-corrected chi connectivity index (χ4v) is 4.70. The second-order valence-corrected chi connectivity index (χ2v) is 8.79. The molecule has 1 amide bonds. The number of fused-ring (bicyclic) bond motifs is 6. The van der Waals surface area contributed by atoms with Crippen molar-refractivity contribution in [3.05, 3.63) is 62.6 Å². The molecule has 2 aliphatic rings. The van der Waals surface area contributed by atoms with E-state index in [4.69, 9.17) is 0 Å². The highest BCUT2D eigenvalue weighted by Gasteiger charge is 2.62. The van der Waals surface area contributed by atoms with Gasteiger partial charge in [0.2, 0.25) is 5.16 Å². The number of carbonyl (C=O) groups excluding carboxylic acids is 1. The Bertz CT molecular complexity index is 1260. The summed E-state index contributed by atoms with van der Waals surface area (Å²) in [4.78, 5) is 29.1. The molecule has 29 heavy (non-hydrogen) atoms. The maximum Gasteiger partial charge on any atom is 0.374 e. The minimum atomic E-state index is -1.58. The van der Waals surface area contributed by atoms with Gasteiger partial charge in [0.05, 0.1) is 22.5 Å². The molecule has 0 radical (unpaired) electrons. The summed E-state index contributed by atoms with van der Waals surface area (Å²) >= 11 is 4.77. The number of carbonyl (C=O) groups is 1. The van der Waals surface area contributed by atoms with Crippen molar-refractivity contribution in [2.45, 2.75) is 17.7 Å². The molecule has 1 atom stereocenters. The molecule has 0 saturated heterocycles. The molecule has 1 aromatic heterocycles. The molecule has 3 N–H and O–H groups in total. The molecule has 0 unspecified atom stereocenters. The number of amides is 1. The number of rotatable bonds is 2. The second-order valence-electron chi connectivity index (χ2n) is 6.62. The Balaban J connectivity index is 1.90. The van der Waals surface area contributed by atoms with Gasteiger partial charge < -0.3 is 10.6 Å². The van der Waals surface area contributed by atoms with Crippen LogP contribution >= 0.6 is 27.7 Å². The number of halogens is 2. The van der Waals surface area contributed by atoms with Gasteiger partial charge >= 0.3 is 22.8 Å². The van der Waals surface area contributed by atoms with E-state index in [0.717, 1.165) is 4.47 Å². The summed E-state index contributed by atoms with van der Waals surface area (Å²) in [5.41, 5.74) is 0.252. The molecule has 0 bridgehead atoms. The van der Waals surface area contributed by atoms with Gasteiger partial charge in [0.25, 0.3) is 0 Å². The monoisotopic (exact) mass is 474 g/mol. The zero-order valence-corrected chi connectivity index (χ0v) is 17.4. The number of aromatic amines is 1. The van der Waals surface area contributed by atoms with Crippen LogP contribution in [0.3, 0.4) is 0 Å². The maximum absolute atomic E-state index is 14.2. The molecule has 3 aromatic rings. The lowest BCUT2D eigenvalue weighted by atomic mass is 9.95. The topological polar surface area (TPSA) is 90.8 Å². The van der Waals surface area contributed by atoms with E-state index in [2.05, 4.69) is 36.6 Å². The first-order valence-electron chi connectivity index (χ1n) is 8.83. The van der Waals surface area contributed by atoms with Gasteiger partial charge in [0, 0.05) is 9.57 Å². The summed E-state index contributed by atoms with van der Waals surface area (Å²) in [6, 6.07) is 9.42. The Hall–Kier alpha value is -2.72. The van der Waals surface area contributed by atoms with Gasteiger partial charge in [-0.15, -0.1) is 0 Å². The number of H-pyrrole nitrogens is 1. The zero-order chi connectivity index (χ0) is 20.3. The summed E-state index contributed by atoms with van der Waals surface area (Å²) in [6.07, 6.45) is 0. The predicted molar refractivity (Wildman–Crippen MR) is 110 cm³/mol. The SMILES string of the molecule is CCSc1n[n+]2c(c(=O)[nH]1)-c1cc(Br)ccc1N[C@]21C(=O)Nc2ccc(F)cc21. The smallest absolute Gasteiger partial charge is 0.317 e. The maximum atomic E-state index is 14.2. The number of thioether (sulfide) groups is 1. The van der Waals surface area contributed by atoms with Crippen molar-refractivity contribution in [2.24, 2.45) is 0 Å². The van der Waals surface area contributed by atoms with E-state index in [1.54, 1.807) is 18.2 Å². The molecule has 5 rings (SSSR count). The second kappa shape index (κ2) is 6.39. The van der Waals surface area contributed by atoms with E-state index in [9.17, 15) is 14.0 Å². The lowest BCUT2D eigenvalue weighted by Gasteiger charge is -2.28. The molecule has 3 heterocycles. The summed E-state index contributed by atoms with van der Waals surface area (Å²) < 4.78 is 16.3. The average Bonchev–Trinajstić information content (AvgIpc) is 2.94. The average molecular weight is 475 g/mol. The lowest BCUT2D eigenvalue weighted by Crippen LogP contribution is -2.71. The molecule has 0 saturated carbocycles. The minimum absolute atomic E-state index is 0.216. The summed E-state index contributed by atoms with van der Waals surface area (Å²) in [5.74, 6) is -0.246. The van der Waals surface area contributed by atoms with Crippen molar-refractivity contribution in [3.8, 4) is 11.3 Å². The first-order valence-corrected chi connectivity index (χ1v) is 10.6. The molecule has 0 aliphatic carbocycles. The fourth-order valence-electron chi connectivity index (χ4n) is 3.76. The zero-order valence-electron chi connectivity index (χ0n) is 15.0. The van der Waals surface area contributed by atoms with Gasteiger partial charge in [-0.3, -0.25) is 14.6 Å². The third kappa shape index (κ3) is 2.55. The molecule has 1 spiro atoms. The summed E-state index contributed by atoms with van der Waals surface area (Å²) in [7, 11) is 0. The third-order valence-corrected chi connectivity index (χ3v) is 6.18. The lowest BCUT2D eigenvalue weighted by molar-refractivity contribution is -0.781. The van der Waals surface area contributed by atoms with Gasteiger partial charge in [-0.1, -0.05) is 34.6 Å². The number of aromatic nitrogens is 3. The molecule has 2 aliphatic heterocycles. The molecular weight excluding hydrogens is 461 g/mol. The van der Waals surface area contributed by atoms with Gasteiger partial charge in [-0.25, -0.2) is 4.39 Å². The van der Waals surface area contributed by atoms with Crippen LogP contribution in [-0.4, -0.2) is 21.7 Å². The van der Waals surface area contributed by atoms with Gasteiger partial charge in [-0.05, 0) is 46.8 Å². The Morgan fingerprint density at radius 1 is 1.21 bits per heavy atom. The van der Waals surface area contributed by atoms with Crippen LogP contribution in [0.5, 0.6) is 0 Å². The number of nitrogens with zero attached hydrogens (tertiary/aromatic N) is 2. The fraction of sp³-hybridized carbons (Fsp3) is 0.158. The first-order chi connectivity index (χ1) is 13.9. The van der Waals surface area contributed by atoms with E-state index >= 15 is 0 Å². The standard InChI is InChI=1S/C19H13BrFN5O2S/c1-2-29-18-23-16(27)15-11-7-9(20)3-5-13(11)24-19(26(15)25-18)12-8-10(21)4-6-14(12)22-17(19)28/h3-8H,2H2,1H3,(H2,22,23,25,27,28)/p+1/t19-/m0/s1. The summed E-state index contributed by atoms with van der Waals surface area (Å²) in [5, 5.41) is 10.9. The van der Waals surface area contributed by atoms with Crippen LogP contribution in [0.4, 0.5) is 15.8 Å². The molecule has 7 nitrogen and oxygen atoms in total. The quantitative estimate of drug-likeness (QED) is 0.392. The normalized spacial score (nSPS) is 18.7. The Kier molecular flexibility index (Phi) is 4.04. The van der Waals surface area contributed by atoms with Crippen LogP contribution in [-0.2, 0) is 10.5 Å². The van der Waals surface area contributed by atoms with Crippen molar-refractivity contribution < 1.29 is 13.9 Å². The van der Waals surface area contributed by atoms with E-state index in [-0.39, 0.29) is 11.3 Å². The summed E-state index contributed by atoms with van der Waals surface area (Å²) in [6.45, 7) is 1.93. The van der Waals surface area contributed by atoms with E-state index < -0.39 is 17.4 Å². The first kappa shape index (κ1) is 18.3. The van der Waals surface area contributed by atoms with Crippen LogP contribution in [0.1, 0.15) is 12.5 Å². The highest BCUT2D eigenvalue weighted by atomic mass is 79.9. The van der Waals surface area contributed by atoms with Gasteiger partial charge in [0.1, 0.15) is 5.82 Å². The van der Waals surface area contributed by atoms with E-state index in [1.165, 1.54) is 34.6 Å². The van der Waals surface area contributed by atoms with Crippen LogP contribution in [0.15, 0.2) is 50.8 Å². The number of anilines is 2.